The molecule has 12 nitrogen and oxygen atoms in total. The molecule has 0 aromatic rings. The molecule has 0 N–H and O–H groups in total. The van der Waals surface area contributed by atoms with E-state index < -0.39 is 29.4 Å². The van der Waals surface area contributed by atoms with Crippen molar-refractivity contribution in [3.05, 3.63) is 25.1 Å². The standard InChI is InChI=1S/C3H4N6O6/c10-3-6(8(12)13)1-5(4-11)2-7(3)9(14)15/h1-2H2. The quantitative estimate of drug-likeness (QED) is 0.337. The van der Waals surface area contributed by atoms with E-state index in [1.54, 1.807) is 0 Å². The van der Waals surface area contributed by atoms with E-state index in [0.717, 1.165) is 0 Å². The molecule has 1 aliphatic rings. The molecule has 0 unspecified atom stereocenters. The van der Waals surface area contributed by atoms with Crippen LogP contribution in [0.1, 0.15) is 0 Å². The summed E-state index contributed by atoms with van der Waals surface area (Å²) in [5.41, 5.74) is 0. The van der Waals surface area contributed by atoms with Crippen LogP contribution in [-0.4, -0.2) is 44.5 Å². The fourth-order valence-electron chi connectivity index (χ4n) is 0.903. The monoisotopic (exact) mass is 220 g/mol. The van der Waals surface area contributed by atoms with Crippen molar-refractivity contribution in [2.45, 2.75) is 0 Å². The molecule has 82 valence electrons. The van der Waals surface area contributed by atoms with Crippen LogP contribution in [-0.2, 0) is 0 Å². The lowest BCUT2D eigenvalue weighted by molar-refractivity contribution is -0.683. The zero-order valence-electron chi connectivity index (χ0n) is 7.05. The Morgan fingerprint density at radius 1 is 1.13 bits per heavy atom. The Balaban J connectivity index is 2.92. The minimum atomic E-state index is -1.43. The molecule has 0 atom stereocenters. The van der Waals surface area contributed by atoms with E-state index >= 15 is 0 Å². The normalized spacial score (nSPS) is 16.5. The van der Waals surface area contributed by atoms with E-state index in [2.05, 4.69) is 5.29 Å². The summed E-state index contributed by atoms with van der Waals surface area (Å²) in [7, 11) is 0. The number of hydrazine groups is 2. The number of rotatable bonds is 3. The van der Waals surface area contributed by atoms with Crippen LogP contribution < -0.4 is 0 Å². The molecule has 0 aromatic carbocycles. The fraction of sp³-hybridized carbons (Fsp3) is 0.667. The topological polar surface area (TPSA) is 142 Å². The van der Waals surface area contributed by atoms with Crippen molar-refractivity contribution in [2.24, 2.45) is 5.29 Å². The van der Waals surface area contributed by atoms with Gasteiger partial charge in [-0.25, -0.2) is 30.0 Å². The van der Waals surface area contributed by atoms with Gasteiger partial charge in [0.15, 0.2) is 23.4 Å². The summed E-state index contributed by atoms with van der Waals surface area (Å²) in [6.45, 7) is -1.45. The number of hydrogen-bond acceptors (Lipinski definition) is 7. The average Bonchev–Trinajstić information content (AvgIpc) is 2.17. The number of carbonyl (C=O) groups is 1. The number of nitro groups is 2. The van der Waals surface area contributed by atoms with Crippen LogP contribution in [0.15, 0.2) is 5.29 Å². The summed E-state index contributed by atoms with van der Waals surface area (Å²) in [6, 6.07) is -1.43. The van der Waals surface area contributed by atoms with E-state index in [9.17, 15) is 29.9 Å². The van der Waals surface area contributed by atoms with Crippen molar-refractivity contribution in [1.29, 1.82) is 0 Å². The Kier molecular flexibility index (Phi) is 2.59. The second kappa shape index (κ2) is 3.69. The lowest BCUT2D eigenvalue weighted by Gasteiger charge is -2.26. The predicted molar refractivity (Wildman–Crippen MR) is 40.4 cm³/mol. The van der Waals surface area contributed by atoms with Crippen molar-refractivity contribution in [3.8, 4) is 0 Å². The van der Waals surface area contributed by atoms with Gasteiger partial charge in [-0.15, -0.1) is 4.91 Å². The lowest BCUT2D eigenvalue weighted by atomic mass is 10.7. The summed E-state index contributed by atoms with van der Waals surface area (Å²) in [5, 5.41) is 20.8. The van der Waals surface area contributed by atoms with Crippen LogP contribution >= 0.6 is 0 Å². The number of carbonyl (C=O) groups excluding carboxylic acids is 1. The molecule has 0 aliphatic carbocycles. The first-order valence-electron chi connectivity index (χ1n) is 3.43. The minimum Gasteiger partial charge on any atom is -0.236 e. The van der Waals surface area contributed by atoms with Gasteiger partial charge in [0.1, 0.15) is 0 Å². The summed E-state index contributed by atoms with van der Waals surface area (Å²) >= 11 is 0. The third kappa shape index (κ3) is 1.87. The summed E-state index contributed by atoms with van der Waals surface area (Å²) < 4.78 is 0. The first kappa shape index (κ1) is 10.6. The van der Waals surface area contributed by atoms with Gasteiger partial charge in [0.05, 0.1) is 5.29 Å². The summed E-state index contributed by atoms with van der Waals surface area (Å²) in [4.78, 5) is 41.7. The van der Waals surface area contributed by atoms with Crippen LogP contribution in [0.25, 0.3) is 0 Å². The van der Waals surface area contributed by atoms with Gasteiger partial charge in [0.2, 0.25) is 0 Å². The molecule has 0 radical (unpaired) electrons. The van der Waals surface area contributed by atoms with Gasteiger partial charge in [0, 0.05) is 0 Å². The van der Waals surface area contributed by atoms with Gasteiger partial charge in [-0.1, -0.05) is 0 Å². The van der Waals surface area contributed by atoms with Crippen molar-refractivity contribution >= 4 is 6.03 Å². The maximum Gasteiger partial charge on any atom is 0.439 e. The molecule has 12 heteroatoms. The Morgan fingerprint density at radius 3 is 1.80 bits per heavy atom. The second-order valence-electron chi connectivity index (χ2n) is 2.43. The van der Waals surface area contributed by atoms with Crippen LogP contribution in [0, 0.1) is 25.1 Å². The Labute approximate surface area is 80.8 Å². The molecule has 1 heterocycles. The number of nitroso groups, excluding NO2 is 1. The van der Waals surface area contributed by atoms with Gasteiger partial charge >= 0.3 is 6.03 Å². The van der Waals surface area contributed by atoms with E-state index in [-0.39, 0.29) is 10.0 Å². The average molecular weight is 220 g/mol. The molecule has 1 aliphatic heterocycles. The summed E-state index contributed by atoms with van der Waals surface area (Å²) in [5.74, 6) is 0. The van der Waals surface area contributed by atoms with Crippen molar-refractivity contribution in [1.82, 2.24) is 15.0 Å². The highest BCUT2D eigenvalue weighted by Gasteiger charge is 2.44. The molecule has 1 fully saturated rings. The third-order valence-corrected chi connectivity index (χ3v) is 1.55. The highest BCUT2D eigenvalue weighted by Crippen LogP contribution is 2.10. The van der Waals surface area contributed by atoms with Crippen molar-refractivity contribution < 1.29 is 14.9 Å². The zero-order chi connectivity index (χ0) is 11.6. The smallest absolute Gasteiger partial charge is 0.236 e. The molecule has 0 spiro atoms. The van der Waals surface area contributed by atoms with Gasteiger partial charge in [0.25, 0.3) is 0 Å². The molecule has 0 saturated carbocycles. The zero-order valence-corrected chi connectivity index (χ0v) is 7.05. The van der Waals surface area contributed by atoms with E-state index in [4.69, 9.17) is 0 Å². The number of nitrogens with zero attached hydrogens (tertiary/aromatic N) is 6. The van der Waals surface area contributed by atoms with Crippen molar-refractivity contribution in [2.75, 3.05) is 13.3 Å². The highest BCUT2D eigenvalue weighted by molar-refractivity contribution is 5.72. The molecular formula is C3H4N6O6. The highest BCUT2D eigenvalue weighted by atomic mass is 16.7. The third-order valence-electron chi connectivity index (χ3n) is 1.55. The van der Waals surface area contributed by atoms with Crippen LogP contribution in [0.2, 0.25) is 0 Å². The molecule has 0 bridgehead atoms. The SMILES string of the molecule is O=NN1CN([N+](=O)[O-])C(=O)N([N+](=O)[O-])C1. The second-order valence-corrected chi connectivity index (χ2v) is 2.43. The number of urea groups is 1. The van der Waals surface area contributed by atoms with Crippen LogP contribution in [0.4, 0.5) is 4.79 Å². The van der Waals surface area contributed by atoms with Crippen molar-refractivity contribution in [3.63, 3.8) is 0 Å². The maximum absolute atomic E-state index is 11.1. The first-order valence-corrected chi connectivity index (χ1v) is 3.43. The molecule has 1 saturated heterocycles. The van der Waals surface area contributed by atoms with E-state index in [1.807, 2.05) is 0 Å². The number of amides is 2. The van der Waals surface area contributed by atoms with E-state index in [0.29, 0.717) is 5.01 Å². The summed E-state index contributed by atoms with van der Waals surface area (Å²) in [6.07, 6.45) is 0. The largest absolute Gasteiger partial charge is 0.439 e. The molecular weight excluding hydrogens is 216 g/mol. The van der Waals surface area contributed by atoms with Gasteiger partial charge in [-0.3, -0.25) is 0 Å². The maximum atomic E-state index is 11.1. The Morgan fingerprint density at radius 2 is 1.53 bits per heavy atom. The first-order chi connectivity index (χ1) is 6.97. The van der Waals surface area contributed by atoms with Crippen LogP contribution in [0.3, 0.4) is 0 Å². The lowest BCUT2D eigenvalue weighted by Crippen LogP contribution is -2.59. The van der Waals surface area contributed by atoms with E-state index in [1.165, 1.54) is 0 Å². The minimum absolute atomic E-state index is 0.0896. The van der Waals surface area contributed by atoms with Crippen LogP contribution in [0.5, 0.6) is 0 Å². The number of hydrogen-bond donors (Lipinski definition) is 0. The molecule has 0 aromatic heterocycles. The Hall–Kier alpha value is -2.53. The van der Waals surface area contributed by atoms with Gasteiger partial charge in [-0.05, 0) is 10.0 Å². The Bertz CT molecular complexity index is 303. The molecule has 2 amide bonds. The van der Waals surface area contributed by atoms with Gasteiger partial charge in [-0.2, -0.15) is 0 Å². The van der Waals surface area contributed by atoms with Gasteiger partial charge < -0.3 is 0 Å². The molecule has 1 rings (SSSR count). The molecule has 15 heavy (non-hydrogen) atoms. The fourth-order valence-corrected chi connectivity index (χ4v) is 0.903. The predicted octanol–water partition coefficient (Wildman–Crippen LogP) is -0.994.